The Morgan fingerprint density at radius 1 is 1.43 bits per heavy atom. The molecule has 0 saturated carbocycles. The van der Waals surface area contributed by atoms with Gasteiger partial charge in [-0.15, -0.1) is 0 Å². The van der Waals surface area contributed by atoms with E-state index in [-0.39, 0.29) is 0 Å². The summed E-state index contributed by atoms with van der Waals surface area (Å²) in [5.74, 6) is -0.785. The average Bonchev–Trinajstić information content (AvgIpc) is 2.18. The Labute approximate surface area is 86.3 Å². The highest BCUT2D eigenvalue weighted by Crippen LogP contribution is 2.10. The van der Waals surface area contributed by atoms with Crippen LogP contribution in [0.3, 0.4) is 0 Å². The molecule has 0 bridgehead atoms. The summed E-state index contributed by atoms with van der Waals surface area (Å²) in [5, 5.41) is 11.9. The van der Waals surface area contributed by atoms with Gasteiger partial charge in [0.25, 0.3) is 0 Å². The Bertz CT molecular complexity index is 181. The van der Waals surface area contributed by atoms with Crippen molar-refractivity contribution < 1.29 is 9.90 Å². The van der Waals surface area contributed by atoms with E-state index in [9.17, 15) is 4.79 Å². The number of aliphatic carboxylic acids is 1. The van der Waals surface area contributed by atoms with Crippen LogP contribution in [0.2, 0.25) is 0 Å². The van der Waals surface area contributed by atoms with Crippen molar-refractivity contribution in [2.24, 2.45) is 0 Å². The Balaban J connectivity index is 4.13. The van der Waals surface area contributed by atoms with Crippen LogP contribution in [0.1, 0.15) is 27.2 Å². The minimum absolute atomic E-state index is 0.626. The topological polar surface area (TPSA) is 52.6 Å². The van der Waals surface area contributed by atoms with Crippen LogP contribution in [0.15, 0.2) is 0 Å². The van der Waals surface area contributed by atoms with Crippen molar-refractivity contribution in [1.82, 2.24) is 10.2 Å². The summed E-state index contributed by atoms with van der Waals surface area (Å²) in [6.07, 6.45) is 0.626. The number of rotatable bonds is 7. The van der Waals surface area contributed by atoms with E-state index in [1.54, 1.807) is 14.0 Å². The monoisotopic (exact) mass is 202 g/mol. The number of carboxylic acids is 1. The minimum atomic E-state index is -0.803. The van der Waals surface area contributed by atoms with Crippen LogP contribution in [-0.2, 0) is 4.79 Å². The van der Waals surface area contributed by atoms with Crippen molar-refractivity contribution >= 4 is 5.97 Å². The molecule has 0 rings (SSSR count). The zero-order chi connectivity index (χ0) is 11.2. The zero-order valence-electron chi connectivity index (χ0n) is 9.63. The maximum Gasteiger partial charge on any atom is 0.323 e. The van der Waals surface area contributed by atoms with Crippen LogP contribution in [0.5, 0.6) is 0 Å². The Morgan fingerprint density at radius 3 is 2.21 bits per heavy atom. The zero-order valence-corrected chi connectivity index (χ0v) is 9.63. The van der Waals surface area contributed by atoms with Gasteiger partial charge >= 0.3 is 5.97 Å². The number of likely N-dealkylation sites (N-methyl/N-ethyl adjacent to an activating group) is 1. The standard InChI is InChI=1S/C10H22N2O2/c1-5-12(6-2)8-7-10(3,11-4)9(13)14/h11H,5-8H2,1-4H3,(H,13,14). The third-order valence-electron chi connectivity index (χ3n) is 2.85. The van der Waals surface area contributed by atoms with Crippen LogP contribution < -0.4 is 5.32 Å². The molecule has 0 amide bonds. The third kappa shape index (κ3) is 3.64. The highest BCUT2D eigenvalue weighted by Gasteiger charge is 2.30. The first-order chi connectivity index (χ1) is 6.50. The van der Waals surface area contributed by atoms with E-state index in [2.05, 4.69) is 24.1 Å². The number of carbonyl (C=O) groups is 1. The summed E-state index contributed by atoms with van der Waals surface area (Å²) < 4.78 is 0. The lowest BCUT2D eigenvalue weighted by Crippen LogP contribution is -2.49. The minimum Gasteiger partial charge on any atom is -0.480 e. The van der Waals surface area contributed by atoms with Gasteiger partial charge in [-0.05, 0) is 33.5 Å². The average molecular weight is 202 g/mol. The summed E-state index contributed by atoms with van der Waals surface area (Å²) in [6, 6.07) is 0. The summed E-state index contributed by atoms with van der Waals surface area (Å²) in [7, 11) is 1.69. The second kappa shape index (κ2) is 5.98. The summed E-state index contributed by atoms with van der Waals surface area (Å²) in [4.78, 5) is 13.2. The first kappa shape index (κ1) is 13.4. The molecule has 4 heteroatoms. The van der Waals surface area contributed by atoms with Gasteiger partial charge in [0.05, 0.1) is 0 Å². The van der Waals surface area contributed by atoms with Crippen molar-refractivity contribution in [1.29, 1.82) is 0 Å². The van der Waals surface area contributed by atoms with Gasteiger partial charge in [-0.1, -0.05) is 13.8 Å². The van der Waals surface area contributed by atoms with E-state index in [1.807, 2.05) is 0 Å². The molecule has 0 aliphatic carbocycles. The van der Waals surface area contributed by atoms with Gasteiger partial charge in [0, 0.05) is 6.54 Å². The summed E-state index contributed by atoms with van der Waals surface area (Å²) in [6.45, 7) is 8.64. The molecule has 0 aromatic rings. The van der Waals surface area contributed by atoms with E-state index in [0.717, 1.165) is 19.6 Å². The predicted octanol–water partition coefficient (Wildman–Crippen LogP) is 0.781. The van der Waals surface area contributed by atoms with Gasteiger partial charge in [0.15, 0.2) is 0 Å². The fourth-order valence-corrected chi connectivity index (χ4v) is 1.26. The fourth-order valence-electron chi connectivity index (χ4n) is 1.26. The van der Waals surface area contributed by atoms with Gasteiger partial charge in [-0.2, -0.15) is 0 Å². The van der Waals surface area contributed by atoms with Crippen molar-refractivity contribution in [2.45, 2.75) is 32.7 Å². The van der Waals surface area contributed by atoms with Crippen molar-refractivity contribution in [3.8, 4) is 0 Å². The van der Waals surface area contributed by atoms with Gasteiger partial charge in [-0.3, -0.25) is 4.79 Å². The first-order valence-corrected chi connectivity index (χ1v) is 5.14. The lowest BCUT2D eigenvalue weighted by molar-refractivity contribution is -0.144. The molecule has 4 nitrogen and oxygen atoms in total. The molecule has 0 aromatic heterocycles. The second-order valence-corrected chi connectivity index (χ2v) is 3.66. The number of nitrogens with zero attached hydrogens (tertiary/aromatic N) is 1. The van der Waals surface area contributed by atoms with Crippen molar-refractivity contribution in [3.05, 3.63) is 0 Å². The number of hydrogen-bond donors (Lipinski definition) is 2. The third-order valence-corrected chi connectivity index (χ3v) is 2.85. The van der Waals surface area contributed by atoms with E-state index in [0.29, 0.717) is 6.42 Å². The fraction of sp³-hybridized carbons (Fsp3) is 0.900. The maximum atomic E-state index is 11.0. The lowest BCUT2D eigenvalue weighted by atomic mass is 9.98. The molecule has 14 heavy (non-hydrogen) atoms. The molecule has 0 aliphatic rings. The molecular weight excluding hydrogens is 180 g/mol. The largest absolute Gasteiger partial charge is 0.480 e. The molecule has 1 unspecified atom stereocenters. The smallest absolute Gasteiger partial charge is 0.323 e. The molecule has 0 heterocycles. The van der Waals surface area contributed by atoms with Gasteiger partial charge in [-0.25, -0.2) is 0 Å². The number of carboxylic acid groups (broad SMARTS) is 1. The van der Waals surface area contributed by atoms with Gasteiger partial charge in [0.1, 0.15) is 5.54 Å². The molecule has 0 spiro atoms. The Kier molecular flexibility index (Phi) is 5.72. The number of nitrogens with one attached hydrogen (secondary N) is 1. The van der Waals surface area contributed by atoms with Crippen molar-refractivity contribution in [3.63, 3.8) is 0 Å². The summed E-state index contributed by atoms with van der Waals surface area (Å²) in [5.41, 5.74) is -0.803. The van der Waals surface area contributed by atoms with Crippen LogP contribution in [0.25, 0.3) is 0 Å². The van der Waals surface area contributed by atoms with Crippen LogP contribution >= 0.6 is 0 Å². The van der Waals surface area contributed by atoms with Gasteiger partial charge < -0.3 is 15.3 Å². The maximum absolute atomic E-state index is 11.0. The Hall–Kier alpha value is -0.610. The number of hydrogen-bond acceptors (Lipinski definition) is 3. The van der Waals surface area contributed by atoms with Crippen LogP contribution in [-0.4, -0.2) is 48.2 Å². The predicted molar refractivity (Wildman–Crippen MR) is 57.5 cm³/mol. The summed E-state index contributed by atoms with van der Waals surface area (Å²) >= 11 is 0. The second-order valence-electron chi connectivity index (χ2n) is 3.66. The molecular formula is C10H22N2O2. The highest BCUT2D eigenvalue weighted by atomic mass is 16.4. The first-order valence-electron chi connectivity index (χ1n) is 5.14. The molecule has 1 atom stereocenters. The Morgan fingerprint density at radius 2 is 1.93 bits per heavy atom. The molecule has 0 aliphatic heterocycles. The highest BCUT2D eigenvalue weighted by molar-refractivity contribution is 5.78. The molecule has 0 aromatic carbocycles. The quantitative estimate of drug-likeness (QED) is 0.640. The molecule has 2 N–H and O–H groups in total. The SMILES string of the molecule is CCN(CC)CCC(C)(NC)C(=O)O. The van der Waals surface area contributed by atoms with E-state index in [4.69, 9.17) is 5.11 Å². The van der Waals surface area contributed by atoms with E-state index in [1.165, 1.54) is 0 Å². The van der Waals surface area contributed by atoms with E-state index >= 15 is 0 Å². The van der Waals surface area contributed by atoms with Crippen LogP contribution in [0.4, 0.5) is 0 Å². The molecule has 84 valence electrons. The normalized spacial score (nSPS) is 15.5. The molecule has 0 saturated heterocycles. The molecule has 0 fully saturated rings. The van der Waals surface area contributed by atoms with Crippen molar-refractivity contribution in [2.75, 3.05) is 26.7 Å². The van der Waals surface area contributed by atoms with E-state index < -0.39 is 11.5 Å². The van der Waals surface area contributed by atoms with Gasteiger partial charge in [0.2, 0.25) is 0 Å². The molecule has 0 radical (unpaired) electrons. The lowest BCUT2D eigenvalue weighted by Gasteiger charge is -2.27. The van der Waals surface area contributed by atoms with Crippen LogP contribution in [0, 0.1) is 0 Å².